The van der Waals surface area contributed by atoms with Gasteiger partial charge in [0.15, 0.2) is 0 Å². The Labute approximate surface area is 96.4 Å². The molecule has 1 aliphatic rings. The van der Waals surface area contributed by atoms with Crippen LogP contribution in [0.2, 0.25) is 0 Å². The molecule has 3 amide bonds. The van der Waals surface area contributed by atoms with Crippen molar-refractivity contribution in [3.63, 3.8) is 0 Å². The van der Waals surface area contributed by atoms with Crippen molar-refractivity contribution < 1.29 is 9.59 Å². The van der Waals surface area contributed by atoms with E-state index in [9.17, 15) is 9.59 Å². The first-order valence-corrected chi connectivity index (χ1v) is 5.66. The van der Waals surface area contributed by atoms with E-state index in [0.717, 1.165) is 0 Å². The van der Waals surface area contributed by atoms with Gasteiger partial charge < -0.3 is 16.0 Å². The van der Waals surface area contributed by atoms with Crippen LogP contribution >= 0.6 is 0 Å². The third-order valence-corrected chi connectivity index (χ3v) is 2.67. The highest BCUT2D eigenvalue weighted by Crippen LogP contribution is 2.17. The second-order valence-corrected chi connectivity index (χ2v) is 5.34. The summed E-state index contributed by atoms with van der Waals surface area (Å²) in [5.41, 5.74) is 5.01. The minimum atomic E-state index is -0.254. The van der Waals surface area contributed by atoms with Crippen molar-refractivity contribution in [3.05, 3.63) is 0 Å². The zero-order valence-corrected chi connectivity index (χ0v) is 10.2. The molecule has 1 heterocycles. The van der Waals surface area contributed by atoms with Crippen molar-refractivity contribution in [1.82, 2.24) is 10.2 Å². The van der Waals surface area contributed by atoms with Crippen LogP contribution in [-0.4, -0.2) is 35.5 Å². The van der Waals surface area contributed by atoms with Crippen LogP contribution in [0.1, 0.15) is 33.6 Å². The first kappa shape index (κ1) is 12.8. The van der Waals surface area contributed by atoms with E-state index in [1.165, 1.54) is 0 Å². The molecule has 0 aromatic carbocycles. The number of urea groups is 1. The van der Waals surface area contributed by atoms with Crippen LogP contribution in [-0.2, 0) is 4.79 Å². The van der Waals surface area contributed by atoms with Gasteiger partial charge >= 0.3 is 6.03 Å². The van der Waals surface area contributed by atoms with Gasteiger partial charge in [-0.2, -0.15) is 0 Å². The number of nitrogens with one attached hydrogen (secondary N) is 1. The maximum absolute atomic E-state index is 11.8. The van der Waals surface area contributed by atoms with Crippen molar-refractivity contribution in [2.24, 2.45) is 11.7 Å². The van der Waals surface area contributed by atoms with E-state index in [0.29, 0.717) is 25.9 Å². The molecule has 3 N–H and O–H groups in total. The normalized spacial score (nSPS) is 18.3. The maximum Gasteiger partial charge on any atom is 0.317 e. The lowest BCUT2D eigenvalue weighted by Gasteiger charge is -2.33. The molecule has 16 heavy (non-hydrogen) atoms. The van der Waals surface area contributed by atoms with Crippen molar-refractivity contribution >= 4 is 11.9 Å². The number of piperidine rings is 1. The molecule has 0 atom stereocenters. The molecule has 92 valence electrons. The van der Waals surface area contributed by atoms with Gasteiger partial charge in [-0.15, -0.1) is 0 Å². The summed E-state index contributed by atoms with van der Waals surface area (Å²) in [5, 5.41) is 2.90. The topological polar surface area (TPSA) is 75.4 Å². The number of hydrogen-bond acceptors (Lipinski definition) is 2. The van der Waals surface area contributed by atoms with Gasteiger partial charge in [-0.3, -0.25) is 4.79 Å². The lowest BCUT2D eigenvalue weighted by atomic mass is 9.96. The molecule has 0 aromatic rings. The average Bonchev–Trinajstić information content (AvgIpc) is 2.15. The molecule has 0 spiro atoms. The Balaban J connectivity index is 2.42. The molecular formula is C11H21N3O2. The van der Waals surface area contributed by atoms with Crippen LogP contribution in [0.4, 0.5) is 4.79 Å². The number of rotatable bonds is 1. The fraction of sp³-hybridized carbons (Fsp3) is 0.818. The Kier molecular flexibility index (Phi) is 3.78. The SMILES string of the molecule is CC(C)(C)NC(=O)N1CCC(C(N)=O)CC1. The van der Waals surface area contributed by atoms with Crippen molar-refractivity contribution in [2.75, 3.05) is 13.1 Å². The van der Waals surface area contributed by atoms with Crippen LogP contribution in [0.3, 0.4) is 0 Å². The van der Waals surface area contributed by atoms with Crippen molar-refractivity contribution in [1.29, 1.82) is 0 Å². The van der Waals surface area contributed by atoms with E-state index in [-0.39, 0.29) is 23.4 Å². The summed E-state index contributed by atoms with van der Waals surface area (Å²) < 4.78 is 0. The number of primary amides is 1. The monoisotopic (exact) mass is 227 g/mol. The molecule has 0 saturated carbocycles. The van der Waals surface area contributed by atoms with Crippen molar-refractivity contribution in [3.8, 4) is 0 Å². The molecule has 0 unspecified atom stereocenters. The van der Waals surface area contributed by atoms with Gasteiger partial charge in [-0.25, -0.2) is 4.79 Å². The predicted octanol–water partition coefficient (Wildman–Crippen LogP) is 0.692. The van der Waals surface area contributed by atoms with E-state index >= 15 is 0 Å². The van der Waals surface area contributed by atoms with E-state index < -0.39 is 0 Å². The quantitative estimate of drug-likeness (QED) is 0.691. The van der Waals surface area contributed by atoms with Gasteiger partial charge in [-0.05, 0) is 33.6 Å². The number of likely N-dealkylation sites (tertiary alicyclic amines) is 1. The first-order valence-electron chi connectivity index (χ1n) is 5.66. The fourth-order valence-corrected chi connectivity index (χ4v) is 1.77. The van der Waals surface area contributed by atoms with Gasteiger partial charge in [0.25, 0.3) is 0 Å². The highest BCUT2D eigenvalue weighted by atomic mass is 16.2. The minimum absolute atomic E-state index is 0.0598. The highest BCUT2D eigenvalue weighted by Gasteiger charge is 2.27. The summed E-state index contributed by atoms with van der Waals surface area (Å²) in [7, 11) is 0. The van der Waals surface area contributed by atoms with Gasteiger partial charge in [-0.1, -0.05) is 0 Å². The van der Waals surface area contributed by atoms with Crippen LogP contribution in [0, 0.1) is 5.92 Å². The van der Waals surface area contributed by atoms with Gasteiger partial charge in [0.05, 0.1) is 0 Å². The van der Waals surface area contributed by atoms with Crippen molar-refractivity contribution in [2.45, 2.75) is 39.2 Å². The van der Waals surface area contributed by atoms with Crippen LogP contribution < -0.4 is 11.1 Å². The summed E-state index contributed by atoms with van der Waals surface area (Å²) in [5.74, 6) is -0.324. The lowest BCUT2D eigenvalue weighted by Crippen LogP contribution is -2.51. The Hall–Kier alpha value is -1.26. The van der Waals surface area contributed by atoms with Gasteiger partial charge in [0.1, 0.15) is 0 Å². The first-order chi connectivity index (χ1) is 7.29. The van der Waals surface area contributed by atoms with Crippen LogP contribution in [0.5, 0.6) is 0 Å². The Morgan fingerprint density at radius 3 is 2.12 bits per heavy atom. The summed E-state index contributed by atoms with van der Waals surface area (Å²) >= 11 is 0. The number of carbonyl (C=O) groups excluding carboxylic acids is 2. The average molecular weight is 227 g/mol. The zero-order valence-electron chi connectivity index (χ0n) is 10.2. The molecule has 1 fully saturated rings. The molecule has 5 heteroatoms. The summed E-state index contributed by atoms with van der Waals surface area (Å²) in [6.45, 7) is 7.05. The standard InChI is InChI=1S/C11H21N3O2/c1-11(2,3)13-10(16)14-6-4-8(5-7-14)9(12)15/h8H,4-7H2,1-3H3,(H2,12,15)(H,13,16). The Morgan fingerprint density at radius 2 is 1.75 bits per heavy atom. The summed E-state index contributed by atoms with van der Waals surface area (Å²) in [4.78, 5) is 24.5. The van der Waals surface area contributed by atoms with Crippen LogP contribution in [0.25, 0.3) is 0 Å². The highest BCUT2D eigenvalue weighted by molar-refractivity contribution is 5.78. The number of amides is 3. The minimum Gasteiger partial charge on any atom is -0.369 e. The lowest BCUT2D eigenvalue weighted by molar-refractivity contribution is -0.123. The molecule has 0 radical (unpaired) electrons. The van der Waals surface area contributed by atoms with Gasteiger partial charge in [0, 0.05) is 24.5 Å². The number of carbonyl (C=O) groups is 2. The molecule has 1 saturated heterocycles. The molecule has 1 rings (SSSR count). The van der Waals surface area contributed by atoms with E-state index in [1.807, 2.05) is 20.8 Å². The molecule has 5 nitrogen and oxygen atoms in total. The second-order valence-electron chi connectivity index (χ2n) is 5.34. The number of nitrogens with two attached hydrogens (primary N) is 1. The Morgan fingerprint density at radius 1 is 1.25 bits per heavy atom. The Bertz CT molecular complexity index is 275. The number of hydrogen-bond donors (Lipinski definition) is 2. The molecule has 1 aliphatic heterocycles. The predicted molar refractivity (Wildman–Crippen MR) is 61.8 cm³/mol. The van der Waals surface area contributed by atoms with Gasteiger partial charge in [0.2, 0.25) is 5.91 Å². The maximum atomic E-state index is 11.8. The number of nitrogens with zero attached hydrogens (tertiary/aromatic N) is 1. The van der Waals surface area contributed by atoms with E-state index in [2.05, 4.69) is 5.32 Å². The smallest absolute Gasteiger partial charge is 0.317 e. The van der Waals surface area contributed by atoms with E-state index in [4.69, 9.17) is 5.73 Å². The second kappa shape index (κ2) is 4.72. The molecule has 0 aromatic heterocycles. The summed E-state index contributed by atoms with van der Waals surface area (Å²) in [6, 6.07) is -0.0598. The zero-order chi connectivity index (χ0) is 12.3. The fourth-order valence-electron chi connectivity index (χ4n) is 1.77. The summed E-state index contributed by atoms with van der Waals surface area (Å²) in [6.07, 6.45) is 1.35. The molecule has 0 aliphatic carbocycles. The third-order valence-electron chi connectivity index (χ3n) is 2.67. The largest absolute Gasteiger partial charge is 0.369 e. The van der Waals surface area contributed by atoms with Crippen LogP contribution in [0.15, 0.2) is 0 Å². The molecular weight excluding hydrogens is 206 g/mol. The third kappa shape index (κ3) is 3.72. The van der Waals surface area contributed by atoms with E-state index in [1.54, 1.807) is 4.90 Å². The molecule has 0 bridgehead atoms.